The van der Waals surface area contributed by atoms with Crippen LogP contribution in [0.25, 0.3) is 11.1 Å². The van der Waals surface area contributed by atoms with Crippen LogP contribution in [0.15, 0.2) is 54.3 Å². The molecule has 3 aliphatic rings. The van der Waals surface area contributed by atoms with Crippen molar-refractivity contribution in [2.45, 2.75) is 44.6 Å². The van der Waals surface area contributed by atoms with Crippen LogP contribution < -0.4 is 5.32 Å². The van der Waals surface area contributed by atoms with Crippen molar-refractivity contribution in [3.05, 3.63) is 76.8 Å². The van der Waals surface area contributed by atoms with Crippen LogP contribution in [0.3, 0.4) is 0 Å². The van der Waals surface area contributed by atoms with Crippen molar-refractivity contribution < 1.29 is 28.6 Å². The number of nitrogens with zero attached hydrogens (tertiary/aromatic N) is 1. The van der Waals surface area contributed by atoms with Gasteiger partial charge in [-0.05, 0) is 49.2 Å². The molecule has 1 amide bonds. The highest BCUT2D eigenvalue weighted by molar-refractivity contribution is 6.32. The molecular weight excluding hydrogens is 451 g/mol. The van der Waals surface area contributed by atoms with E-state index in [2.05, 4.69) is 5.32 Å². The van der Waals surface area contributed by atoms with Crippen molar-refractivity contribution in [1.29, 1.82) is 0 Å². The Kier molecular flexibility index (Phi) is 5.73. The smallest absolute Gasteiger partial charge is 0.323 e. The Morgan fingerprint density at radius 2 is 2.00 bits per heavy atom. The highest BCUT2D eigenvalue weighted by Gasteiger charge is 2.39. The van der Waals surface area contributed by atoms with Gasteiger partial charge in [-0.15, -0.1) is 0 Å². The van der Waals surface area contributed by atoms with E-state index in [0.717, 1.165) is 16.7 Å². The fraction of sp³-hybridized carbons (Fsp3) is 0.333. The Bertz CT molecular complexity index is 1260. The minimum Gasteiger partial charge on any atom is -0.482 e. The first kappa shape index (κ1) is 23.3. The number of likely N-dealkylation sites (tertiary alicyclic amines) is 1. The molecule has 0 bridgehead atoms. The number of anilines is 1. The Morgan fingerprint density at radius 3 is 2.71 bits per heavy atom. The summed E-state index contributed by atoms with van der Waals surface area (Å²) in [6, 6.07) is 11.6. The van der Waals surface area contributed by atoms with Crippen molar-refractivity contribution in [3.63, 3.8) is 0 Å². The molecule has 0 saturated carbocycles. The Balaban J connectivity index is 1.42. The lowest BCUT2D eigenvalue weighted by molar-refractivity contribution is -0.146. The number of allylic oxidation sites excluding steroid dienone is 1. The molecule has 8 heteroatoms. The van der Waals surface area contributed by atoms with Gasteiger partial charge in [0.25, 0.3) is 5.91 Å². The highest BCUT2D eigenvalue weighted by Crippen LogP contribution is 2.44. The summed E-state index contributed by atoms with van der Waals surface area (Å²) in [6.45, 7) is 4.76. The third kappa shape index (κ3) is 4.24. The van der Waals surface area contributed by atoms with Crippen molar-refractivity contribution in [1.82, 2.24) is 4.90 Å². The van der Waals surface area contributed by atoms with Crippen LogP contribution in [0.5, 0.6) is 0 Å². The number of halogens is 1. The summed E-state index contributed by atoms with van der Waals surface area (Å²) in [5.74, 6) is -0.679. The molecule has 5 rings (SSSR count). The van der Waals surface area contributed by atoms with Gasteiger partial charge in [-0.25, -0.2) is 4.39 Å². The number of carbonyl (C=O) groups is 2. The van der Waals surface area contributed by atoms with Gasteiger partial charge in [0.1, 0.15) is 23.2 Å². The normalized spacial score (nSPS) is 25.2. The Labute approximate surface area is 202 Å². The number of aliphatic hydroxyl groups excluding tert-OH is 1. The highest BCUT2D eigenvalue weighted by atomic mass is 19.1. The maximum absolute atomic E-state index is 13.9. The number of ether oxygens (including phenoxy) is 2. The standard InChI is InChI=1S/C27H27FN2O5/c1-27(2)20(12-23(35-27)24-19-10-17(28)8-9-21(19)29-25(24)32)16-6-4-15(5-7-16)13-30-14-18(31)11-22(30)26(33)34-3/h4-10,12,18,22,31H,11,13-14H2,1-3H3,(H,29,32)/t18-,22+/m1/s1. The van der Waals surface area contributed by atoms with Gasteiger partial charge in [-0.1, -0.05) is 24.3 Å². The zero-order valence-corrected chi connectivity index (χ0v) is 19.8. The van der Waals surface area contributed by atoms with Crippen molar-refractivity contribution in [3.8, 4) is 0 Å². The Morgan fingerprint density at radius 1 is 1.26 bits per heavy atom. The van der Waals surface area contributed by atoms with Gasteiger partial charge in [0.15, 0.2) is 0 Å². The fourth-order valence-electron chi connectivity index (χ4n) is 5.06. The van der Waals surface area contributed by atoms with Gasteiger partial charge in [0, 0.05) is 36.3 Å². The lowest BCUT2D eigenvalue weighted by Crippen LogP contribution is -2.36. The number of aliphatic hydroxyl groups is 1. The lowest BCUT2D eigenvalue weighted by atomic mass is 9.91. The summed E-state index contributed by atoms with van der Waals surface area (Å²) in [5, 5.41) is 12.8. The number of amides is 1. The maximum Gasteiger partial charge on any atom is 0.323 e. The first-order valence-electron chi connectivity index (χ1n) is 11.5. The number of rotatable bonds is 4. The Hall–Kier alpha value is -3.49. The molecule has 7 nitrogen and oxygen atoms in total. The van der Waals surface area contributed by atoms with Crippen LogP contribution >= 0.6 is 0 Å². The molecule has 0 aliphatic carbocycles. The van der Waals surface area contributed by atoms with Crippen LogP contribution in [-0.4, -0.2) is 53.3 Å². The van der Waals surface area contributed by atoms with Crippen LogP contribution in [0.4, 0.5) is 10.1 Å². The fourth-order valence-corrected chi connectivity index (χ4v) is 5.06. The summed E-state index contributed by atoms with van der Waals surface area (Å²) in [4.78, 5) is 26.6. The van der Waals surface area contributed by atoms with E-state index in [1.54, 1.807) is 6.07 Å². The SMILES string of the molecule is COC(=O)[C@@H]1C[C@@H](O)CN1Cc1ccc(C2=CC(=C3C(=O)Nc4ccc(F)cc43)OC2(C)C)cc1. The van der Waals surface area contributed by atoms with Gasteiger partial charge in [-0.3, -0.25) is 14.5 Å². The number of methoxy groups -OCH3 is 1. The van der Waals surface area contributed by atoms with E-state index in [0.29, 0.717) is 42.1 Å². The molecule has 1 fully saturated rings. The molecule has 2 N–H and O–H groups in total. The number of hydrogen-bond acceptors (Lipinski definition) is 6. The number of hydrogen-bond donors (Lipinski definition) is 2. The number of esters is 1. The average Bonchev–Trinajstić information content (AvgIpc) is 3.44. The predicted octanol–water partition coefficient (Wildman–Crippen LogP) is 3.49. The second-order valence-corrected chi connectivity index (χ2v) is 9.61. The molecule has 2 atom stereocenters. The van der Waals surface area contributed by atoms with Crippen molar-refractivity contribution in [2.24, 2.45) is 0 Å². The monoisotopic (exact) mass is 478 g/mol. The number of benzene rings is 2. The van der Waals surface area contributed by atoms with E-state index in [1.807, 2.05) is 49.1 Å². The quantitative estimate of drug-likeness (QED) is 0.517. The van der Waals surface area contributed by atoms with E-state index >= 15 is 0 Å². The van der Waals surface area contributed by atoms with Gasteiger partial charge in [0.05, 0.1) is 18.8 Å². The predicted molar refractivity (Wildman–Crippen MR) is 128 cm³/mol. The minimum atomic E-state index is -0.699. The first-order chi connectivity index (χ1) is 16.7. The molecule has 3 aliphatic heterocycles. The second kappa shape index (κ2) is 8.62. The van der Waals surface area contributed by atoms with Gasteiger partial charge in [-0.2, -0.15) is 0 Å². The number of fused-ring (bicyclic) bond motifs is 1. The van der Waals surface area contributed by atoms with Gasteiger partial charge in [0.2, 0.25) is 0 Å². The third-order valence-electron chi connectivity index (χ3n) is 6.77. The van der Waals surface area contributed by atoms with Crippen LogP contribution in [0.2, 0.25) is 0 Å². The topological polar surface area (TPSA) is 88.1 Å². The van der Waals surface area contributed by atoms with Crippen molar-refractivity contribution in [2.75, 3.05) is 19.0 Å². The number of carbonyl (C=O) groups excluding carboxylic acids is 2. The molecule has 2 aromatic carbocycles. The average molecular weight is 479 g/mol. The lowest BCUT2D eigenvalue weighted by Gasteiger charge is -2.24. The van der Waals surface area contributed by atoms with Crippen LogP contribution in [0, 0.1) is 5.82 Å². The van der Waals surface area contributed by atoms with Gasteiger partial charge < -0.3 is 19.9 Å². The van der Waals surface area contributed by atoms with E-state index in [1.165, 1.54) is 19.2 Å². The molecule has 0 radical (unpaired) electrons. The second-order valence-electron chi connectivity index (χ2n) is 9.61. The molecular formula is C27H27FN2O5. The third-order valence-corrected chi connectivity index (χ3v) is 6.77. The zero-order valence-electron chi connectivity index (χ0n) is 19.8. The van der Waals surface area contributed by atoms with E-state index in [-0.39, 0.29) is 11.9 Å². The molecule has 3 heterocycles. The summed E-state index contributed by atoms with van der Waals surface area (Å²) in [6.07, 6.45) is 1.65. The molecule has 0 aromatic heterocycles. The summed E-state index contributed by atoms with van der Waals surface area (Å²) in [5.41, 5.74) is 3.49. The maximum atomic E-state index is 13.9. The number of nitrogens with one attached hydrogen (secondary N) is 1. The zero-order chi connectivity index (χ0) is 24.9. The van der Waals surface area contributed by atoms with E-state index < -0.39 is 23.6 Å². The largest absolute Gasteiger partial charge is 0.482 e. The summed E-state index contributed by atoms with van der Waals surface area (Å²) >= 11 is 0. The summed E-state index contributed by atoms with van der Waals surface area (Å²) < 4.78 is 24.9. The molecule has 0 spiro atoms. The summed E-state index contributed by atoms with van der Waals surface area (Å²) in [7, 11) is 1.35. The van der Waals surface area contributed by atoms with E-state index in [9.17, 15) is 19.1 Å². The van der Waals surface area contributed by atoms with Crippen LogP contribution in [-0.2, 0) is 25.6 Å². The number of β-amino-alcohol motifs (C(OH)–C–C–N with tert-alkyl or cyclic N) is 1. The first-order valence-corrected chi connectivity index (χ1v) is 11.5. The molecule has 1 saturated heterocycles. The molecule has 35 heavy (non-hydrogen) atoms. The molecule has 182 valence electrons. The van der Waals surface area contributed by atoms with E-state index in [4.69, 9.17) is 9.47 Å². The van der Waals surface area contributed by atoms with Crippen molar-refractivity contribution >= 4 is 28.7 Å². The molecule has 0 unspecified atom stereocenters. The van der Waals surface area contributed by atoms with Gasteiger partial charge >= 0.3 is 5.97 Å². The van der Waals surface area contributed by atoms with Crippen LogP contribution in [0.1, 0.15) is 37.0 Å². The minimum absolute atomic E-state index is 0.320. The molecule has 2 aromatic rings.